The summed E-state index contributed by atoms with van der Waals surface area (Å²) in [5, 5.41) is 20.7. The molecule has 29 heavy (non-hydrogen) atoms. The number of rotatable bonds is 4. The molecule has 158 valence electrons. The lowest BCUT2D eigenvalue weighted by atomic mass is 9.46. The van der Waals surface area contributed by atoms with Gasteiger partial charge in [0.15, 0.2) is 0 Å². The number of aliphatic hydroxyl groups excluding tert-OH is 2. The first-order valence-corrected chi connectivity index (χ1v) is 11.1. The van der Waals surface area contributed by atoms with E-state index in [1.54, 1.807) is 6.92 Å². The van der Waals surface area contributed by atoms with E-state index in [4.69, 9.17) is 0 Å². The first-order valence-electron chi connectivity index (χ1n) is 11.1. The predicted octanol–water partition coefficient (Wildman–Crippen LogP) is 2.73. The predicted molar refractivity (Wildman–Crippen MR) is 107 cm³/mol. The Labute approximate surface area is 172 Å². The molecule has 0 spiro atoms. The van der Waals surface area contributed by atoms with Gasteiger partial charge in [-0.2, -0.15) is 4.79 Å². The molecule has 6 nitrogen and oxygen atoms in total. The van der Waals surface area contributed by atoms with E-state index in [2.05, 4.69) is 17.8 Å². The van der Waals surface area contributed by atoms with Crippen molar-refractivity contribution < 1.29 is 24.6 Å². The molecule has 0 saturated heterocycles. The zero-order valence-corrected chi connectivity index (χ0v) is 17.4. The molecule has 4 rings (SSSR count). The first-order chi connectivity index (χ1) is 13.8. The minimum absolute atomic E-state index is 0.0544. The van der Waals surface area contributed by atoms with Crippen molar-refractivity contribution in [1.29, 1.82) is 0 Å². The van der Waals surface area contributed by atoms with Gasteiger partial charge in [0.1, 0.15) is 0 Å². The summed E-state index contributed by atoms with van der Waals surface area (Å²) in [6, 6.07) is 0. The monoisotopic (exact) mass is 400 g/mol. The van der Waals surface area contributed by atoms with Gasteiger partial charge in [-0.05, 0) is 87.4 Å². The number of Topliss-reactive ketones (excluding diaryl/α,β-unsaturated/α-hetero) is 1. The van der Waals surface area contributed by atoms with Crippen molar-refractivity contribution in [3.8, 4) is 0 Å². The molecule has 4 aliphatic carbocycles. The van der Waals surface area contributed by atoms with Crippen LogP contribution in [0.25, 0.3) is 5.53 Å². The van der Waals surface area contributed by atoms with Gasteiger partial charge in [0, 0.05) is 5.41 Å². The minimum atomic E-state index is -0.826. The number of hydrogen-bond acceptors (Lipinski definition) is 4. The summed E-state index contributed by atoms with van der Waals surface area (Å²) in [4.78, 5) is 27.9. The standard InChI is InChI=1S/C23H32N2O4/c1-13(27)17-5-6-19-16-4-3-14-11-15(28)7-9-22(14,2)18(16)8-10-23(17,19)21(29)20(12-26)25-24/h3,12-13,15-19,27-28H,4-11H2,1-2H3/t13-,15+,16-,17-,18+,19+,22+,23+/m1/s1. The number of aliphatic hydroxyl groups is 2. The zero-order chi connectivity index (χ0) is 21.0. The van der Waals surface area contributed by atoms with Crippen LogP contribution in [0.2, 0.25) is 0 Å². The van der Waals surface area contributed by atoms with Gasteiger partial charge in [-0.3, -0.25) is 9.59 Å². The highest BCUT2D eigenvalue weighted by Gasteiger charge is 2.65. The highest BCUT2D eigenvalue weighted by atomic mass is 16.3. The minimum Gasteiger partial charge on any atom is -0.393 e. The summed E-state index contributed by atoms with van der Waals surface area (Å²) >= 11 is 0. The Morgan fingerprint density at radius 1 is 1.28 bits per heavy atom. The maximum atomic E-state index is 13.5. The van der Waals surface area contributed by atoms with Gasteiger partial charge >= 0.3 is 5.71 Å². The SMILES string of the molecule is C[C@@H](O)[C@H]1CC[C@H]2[C@@H]3CC=C4C[C@@H](O)CC[C@]4(C)[C@H]3CC[C@]12C(=O)C(C=O)=[N+]=[N-]. The average Bonchev–Trinajstić information content (AvgIpc) is 3.10. The van der Waals surface area contributed by atoms with Crippen LogP contribution in [0, 0.1) is 34.5 Å². The topological polar surface area (TPSA) is 111 Å². The van der Waals surface area contributed by atoms with Crippen molar-refractivity contribution in [3.63, 3.8) is 0 Å². The number of allylic oxidation sites excluding steroid dienone is 1. The fraction of sp³-hybridized carbons (Fsp3) is 0.783. The smallest absolute Gasteiger partial charge is 0.393 e. The van der Waals surface area contributed by atoms with Crippen LogP contribution in [0.3, 0.4) is 0 Å². The second-order valence-electron chi connectivity index (χ2n) is 10.1. The van der Waals surface area contributed by atoms with E-state index in [-0.39, 0.29) is 29.1 Å². The molecule has 4 aliphatic rings. The van der Waals surface area contributed by atoms with Crippen molar-refractivity contribution in [2.75, 3.05) is 0 Å². The van der Waals surface area contributed by atoms with Crippen molar-refractivity contribution >= 4 is 17.8 Å². The van der Waals surface area contributed by atoms with E-state index < -0.39 is 17.2 Å². The largest absolute Gasteiger partial charge is 0.397 e. The third-order valence-electron chi connectivity index (χ3n) is 9.11. The molecule has 0 heterocycles. The molecule has 0 aliphatic heterocycles. The maximum absolute atomic E-state index is 13.5. The Morgan fingerprint density at radius 3 is 2.69 bits per heavy atom. The number of carbonyl (C=O) groups excluding carboxylic acids is 2. The highest BCUT2D eigenvalue weighted by Crippen LogP contribution is 2.67. The van der Waals surface area contributed by atoms with Crippen LogP contribution in [0.5, 0.6) is 0 Å². The summed E-state index contributed by atoms with van der Waals surface area (Å²) in [7, 11) is 0. The first kappa shape index (κ1) is 20.6. The molecule has 0 unspecified atom stereocenters. The molecule has 3 saturated carbocycles. The number of fused-ring (bicyclic) bond motifs is 5. The summed E-state index contributed by atoms with van der Waals surface area (Å²) in [5.74, 6) is 0.225. The number of nitrogens with zero attached hydrogens (tertiary/aromatic N) is 2. The molecule has 0 aromatic carbocycles. The molecule has 0 aromatic rings. The Balaban J connectivity index is 1.76. The molecule has 8 atom stereocenters. The van der Waals surface area contributed by atoms with Crippen molar-refractivity contribution in [2.24, 2.45) is 34.5 Å². The number of aldehydes is 1. The van der Waals surface area contributed by atoms with Gasteiger partial charge in [0.25, 0.3) is 5.78 Å². The Bertz CT molecular complexity index is 799. The quantitative estimate of drug-likeness (QED) is 0.189. The van der Waals surface area contributed by atoms with E-state index in [1.807, 2.05) is 0 Å². The molecule has 3 fully saturated rings. The van der Waals surface area contributed by atoms with Crippen molar-refractivity contribution in [3.05, 3.63) is 17.2 Å². The van der Waals surface area contributed by atoms with Crippen LogP contribution in [0.15, 0.2) is 11.6 Å². The van der Waals surface area contributed by atoms with Crippen LogP contribution in [0.4, 0.5) is 0 Å². The second kappa shape index (κ2) is 7.26. The van der Waals surface area contributed by atoms with E-state index in [9.17, 15) is 25.3 Å². The fourth-order valence-electron chi connectivity index (χ4n) is 7.84. The van der Waals surface area contributed by atoms with Crippen molar-refractivity contribution in [1.82, 2.24) is 0 Å². The molecule has 0 bridgehead atoms. The summed E-state index contributed by atoms with van der Waals surface area (Å²) in [5.41, 5.74) is 9.44. The summed E-state index contributed by atoms with van der Waals surface area (Å²) < 4.78 is 0. The second-order valence-corrected chi connectivity index (χ2v) is 10.1. The van der Waals surface area contributed by atoms with Gasteiger partial charge in [0.2, 0.25) is 6.29 Å². The average molecular weight is 401 g/mol. The third kappa shape index (κ3) is 2.83. The van der Waals surface area contributed by atoms with Crippen LogP contribution in [0.1, 0.15) is 65.2 Å². The summed E-state index contributed by atoms with van der Waals surface area (Å²) in [6.07, 6.45) is 8.21. The molecule has 0 radical (unpaired) electrons. The normalized spacial score (nSPS) is 44.4. The van der Waals surface area contributed by atoms with Crippen molar-refractivity contribution in [2.45, 2.75) is 77.4 Å². The lowest BCUT2D eigenvalue weighted by molar-refractivity contribution is -0.145. The molecule has 0 aromatic heterocycles. The van der Waals surface area contributed by atoms with Gasteiger partial charge in [-0.1, -0.05) is 18.6 Å². The molecular weight excluding hydrogens is 368 g/mol. The lowest BCUT2D eigenvalue weighted by Crippen LogP contribution is -2.56. The zero-order valence-electron chi connectivity index (χ0n) is 17.4. The van der Waals surface area contributed by atoms with E-state index >= 15 is 0 Å². The highest BCUT2D eigenvalue weighted by molar-refractivity contribution is 6.59. The molecule has 6 heteroatoms. The molecular formula is C23H32N2O4. The Morgan fingerprint density at radius 2 is 2.03 bits per heavy atom. The third-order valence-corrected chi connectivity index (χ3v) is 9.11. The lowest BCUT2D eigenvalue weighted by Gasteiger charge is -2.58. The molecule has 2 N–H and O–H groups in total. The van der Waals surface area contributed by atoms with E-state index in [0.29, 0.717) is 24.5 Å². The maximum Gasteiger partial charge on any atom is 0.397 e. The van der Waals surface area contributed by atoms with E-state index in [1.165, 1.54) is 5.57 Å². The van der Waals surface area contributed by atoms with Crippen LogP contribution in [-0.4, -0.2) is 45.0 Å². The van der Waals surface area contributed by atoms with Gasteiger partial charge in [-0.15, -0.1) is 0 Å². The number of hydrogen-bond donors (Lipinski definition) is 2. The van der Waals surface area contributed by atoms with Gasteiger partial charge < -0.3 is 15.7 Å². The summed E-state index contributed by atoms with van der Waals surface area (Å²) in [6.45, 7) is 4.05. The van der Waals surface area contributed by atoms with Gasteiger partial charge in [-0.25, -0.2) is 0 Å². The molecule has 0 amide bonds. The Kier molecular flexibility index (Phi) is 5.17. The van der Waals surface area contributed by atoms with E-state index in [0.717, 1.165) is 44.9 Å². The van der Waals surface area contributed by atoms with Crippen LogP contribution in [-0.2, 0) is 9.59 Å². The van der Waals surface area contributed by atoms with Crippen LogP contribution < -0.4 is 0 Å². The fourth-order valence-corrected chi connectivity index (χ4v) is 7.84. The van der Waals surface area contributed by atoms with Crippen LogP contribution >= 0.6 is 0 Å². The Hall–Kier alpha value is -1.62. The number of carbonyl (C=O) groups is 2. The van der Waals surface area contributed by atoms with Gasteiger partial charge in [0.05, 0.1) is 12.2 Å². The number of ketones is 1.